The van der Waals surface area contributed by atoms with Gasteiger partial charge in [0.15, 0.2) is 23.3 Å². The molecule has 2 radical (unpaired) electrons. The molecule has 0 atom stereocenters. The number of carbonyl (C=O) groups is 4. The molecule has 1 aromatic carbocycles. The molecular formula is C26H20Cu2F4I2N4O8. The van der Waals surface area contributed by atoms with Crippen LogP contribution in [-0.2, 0) is 53.3 Å². The van der Waals surface area contributed by atoms with Gasteiger partial charge in [0.25, 0.3) is 0 Å². The van der Waals surface area contributed by atoms with Crippen LogP contribution in [-0.4, -0.2) is 33.8 Å². The first-order chi connectivity index (χ1) is 20.3. The van der Waals surface area contributed by atoms with Crippen molar-refractivity contribution in [3.05, 3.63) is 90.6 Å². The Bertz CT molecular complexity index is 1200. The quantitative estimate of drug-likeness (QED) is 0.0979. The molecule has 20 heteroatoms. The molecule has 3 aromatic rings. The van der Waals surface area contributed by atoms with Crippen molar-refractivity contribution >= 4 is 69.1 Å². The average molecular weight is 973 g/mol. The Morgan fingerprint density at radius 2 is 0.717 bits per heavy atom. The molecule has 0 amide bonds. The van der Waals surface area contributed by atoms with Crippen molar-refractivity contribution in [3.8, 4) is 12.1 Å². The van der Waals surface area contributed by atoms with Crippen LogP contribution < -0.4 is 20.4 Å². The zero-order valence-corrected chi connectivity index (χ0v) is 29.7. The third kappa shape index (κ3) is 38.6. The van der Waals surface area contributed by atoms with Crippen LogP contribution in [0.2, 0.25) is 0 Å². The minimum atomic E-state index is -1.35. The summed E-state index contributed by atoms with van der Waals surface area (Å²) in [4.78, 5) is 43.0. The molecule has 0 spiro atoms. The van der Waals surface area contributed by atoms with Gasteiger partial charge >= 0.3 is 34.1 Å². The fourth-order valence-corrected chi connectivity index (χ4v) is 2.38. The first-order valence-electron chi connectivity index (χ1n) is 10.7. The molecule has 2 heterocycles. The summed E-state index contributed by atoms with van der Waals surface area (Å²) in [7, 11) is 0. The van der Waals surface area contributed by atoms with E-state index < -0.39 is 54.3 Å². The Balaban J connectivity index is -0.000000106. The van der Waals surface area contributed by atoms with Gasteiger partial charge in [-0.25, -0.2) is 17.6 Å². The van der Waals surface area contributed by atoms with E-state index in [1.165, 1.54) is 45.2 Å². The monoisotopic (exact) mass is 972 g/mol. The largest absolute Gasteiger partial charge is 2.00 e. The normalized spacial score (nSPS) is 7.65. The Kier molecular flexibility index (Phi) is 41.2. The van der Waals surface area contributed by atoms with Crippen molar-refractivity contribution in [1.82, 2.24) is 9.97 Å². The molecule has 12 nitrogen and oxygen atoms in total. The second-order valence-corrected chi connectivity index (χ2v) is 8.70. The molecule has 0 fully saturated rings. The van der Waals surface area contributed by atoms with Crippen LogP contribution in [0.4, 0.5) is 17.6 Å². The van der Waals surface area contributed by atoms with Crippen molar-refractivity contribution in [1.29, 1.82) is 10.5 Å². The topological polar surface area (TPSA) is 234 Å². The summed E-state index contributed by atoms with van der Waals surface area (Å²) in [5.74, 6) is -9.73. The van der Waals surface area contributed by atoms with Crippen LogP contribution in [0.3, 0.4) is 0 Å². The Morgan fingerprint density at radius 3 is 0.826 bits per heavy atom. The molecular weight excluding hydrogens is 953 g/mol. The number of benzene rings is 1. The molecule has 0 unspecified atom stereocenters. The fourth-order valence-electron chi connectivity index (χ4n) is 1.43. The summed E-state index contributed by atoms with van der Waals surface area (Å²) in [6.07, 6.45) is 6.38. The number of pyridine rings is 2. The summed E-state index contributed by atoms with van der Waals surface area (Å²) in [6.45, 7) is 3.89. The van der Waals surface area contributed by atoms with Gasteiger partial charge in [-0.3, -0.25) is 9.97 Å². The molecule has 2 aromatic heterocycles. The van der Waals surface area contributed by atoms with Crippen molar-refractivity contribution in [2.24, 2.45) is 0 Å². The molecule has 0 bridgehead atoms. The van der Waals surface area contributed by atoms with E-state index in [9.17, 15) is 17.6 Å². The van der Waals surface area contributed by atoms with Crippen LogP contribution in [0, 0.1) is 53.1 Å². The molecule has 46 heavy (non-hydrogen) atoms. The number of rotatable bonds is 0. The van der Waals surface area contributed by atoms with E-state index in [1.807, 2.05) is 12.1 Å². The molecule has 0 aliphatic heterocycles. The number of aliphatic carboxylic acids is 4. The summed E-state index contributed by atoms with van der Waals surface area (Å²) in [5, 5.41) is 52.1. The summed E-state index contributed by atoms with van der Waals surface area (Å²) < 4.78 is 49.2. The van der Waals surface area contributed by atoms with Crippen molar-refractivity contribution in [3.63, 3.8) is 0 Å². The standard InChI is InChI=1S/C6F4I2.2C6H4N2.4C2H4O2.2Cu/c7-1-2(8)6(12)4(10)3(9)5(1)11;2*7-5-6-1-3-8-4-2-6;4*1-2(3)4;;/h;2*1-4H;4*1H3,(H,3,4);;/q;;;;;;;2*+2/p-4. The molecule has 0 saturated heterocycles. The van der Waals surface area contributed by atoms with Crippen LogP contribution in [0.25, 0.3) is 0 Å². The maximum Gasteiger partial charge on any atom is 2.00 e. The number of carboxylic acids is 4. The van der Waals surface area contributed by atoms with Gasteiger partial charge in [-0.2, -0.15) is 10.5 Å². The molecule has 0 saturated carbocycles. The van der Waals surface area contributed by atoms with Crippen molar-refractivity contribution in [2.75, 3.05) is 0 Å². The van der Waals surface area contributed by atoms with Gasteiger partial charge in [0.05, 0.1) is 30.4 Å². The number of halogens is 6. The molecule has 3 rings (SSSR count). The maximum atomic E-state index is 12.6. The minimum Gasteiger partial charge on any atom is -0.550 e. The molecule has 0 aliphatic carbocycles. The van der Waals surface area contributed by atoms with Gasteiger partial charge in [-0.05, 0) is 97.1 Å². The number of hydrogen-bond donors (Lipinski definition) is 0. The second-order valence-electron chi connectivity index (χ2n) is 6.55. The first kappa shape index (κ1) is 55.0. The number of hydrogen-bond acceptors (Lipinski definition) is 12. The zero-order chi connectivity index (χ0) is 35.4. The van der Waals surface area contributed by atoms with Gasteiger partial charge in [-0.15, -0.1) is 0 Å². The van der Waals surface area contributed by atoms with E-state index in [2.05, 4.69) is 9.97 Å². The first-order valence-corrected chi connectivity index (χ1v) is 12.9. The van der Waals surface area contributed by atoms with Crippen LogP contribution in [0.1, 0.15) is 38.8 Å². The van der Waals surface area contributed by atoms with E-state index in [1.54, 1.807) is 49.1 Å². The summed E-state index contributed by atoms with van der Waals surface area (Å²) in [6, 6.07) is 10.6. The van der Waals surface area contributed by atoms with E-state index in [-0.39, 0.29) is 34.1 Å². The summed E-state index contributed by atoms with van der Waals surface area (Å²) >= 11 is 2.41. The van der Waals surface area contributed by atoms with E-state index in [0.29, 0.717) is 11.1 Å². The summed E-state index contributed by atoms with van der Waals surface area (Å²) in [5.41, 5.74) is 1.31. The van der Waals surface area contributed by atoms with Gasteiger partial charge in [0, 0.05) is 48.7 Å². The molecule has 0 aliphatic rings. The average Bonchev–Trinajstić information content (AvgIpc) is 2.94. The van der Waals surface area contributed by atoms with Crippen molar-refractivity contribution in [2.45, 2.75) is 27.7 Å². The number of nitriles is 2. The third-order valence-electron chi connectivity index (χ3n) is 2.78. The predicted octanol–water partition coefficient (Wildman–Crippen LogP) is 0.379. The van der Waals surface area contributed by atoms with E-state index in [0.717, 1.165) is 27.7 Å². The number of nitrogens with zero attached hydrogens (tertiary/aromatic N) is 4. The van der Waals surface area contributed by atoms with Crippen LogP contribution in [0.5, 0.6) is 0 Å². The van der Waals surface area contributed by atoms with E-state index in [4.69, 9.17) is 50.1 Å². The Hall–Kier alpha value is -3.40. The maximum absolute atomic E-state index is 12.6. The van der Waals surface area contributed by atoms with Crippen molar-refractivity contribution < 1.29 is 91.3 Å². The zero-order valence-electron chi connectivity index (χ0n) is 23.5. The number of carbonyl (C=O) groups excluding carboxylic acids is 4. The van der Waals surface area contributed by atoms with Gasteiger partial charge in [0.1, 0.15) is 0 Å². The van der Waals surface area contributed by atoms with Crippen LogP contribution in [0.15, 0.2) is 49.1 Å². The van der Waals surface area contributed by atoms with Gasteiger partial charge in [0.2, 0.25) is 0 Å². The second kappa shape index (κ2) is 34.5. The Labute approximate surface area is 309 Å². The third-order valence-corrected chi connectivity index (χ3v) is 4.67. The number of aromatic nitrogens is 2. The predicted molar refractivity (Wildman–Crippen MR) is 152 cm³/mol. The smallest absolute Gasteiger partial charge is 0.550 e. The minimum absolute atomic E-state index is 0. The van der Waals surface area contributed by atoms with Gasteiger partial charge in [-0.1, -0.05) is 0 Å². The molecule has 256 valence electrons. The SMILES string of the molecule is CC(=O)[O-].CC(=O)[O-].CC(=O)[O-].CC(=O)[O-].Fc1c(F)c(I)c(F)c(F)c1I.N#Cc1ccncc1.N#Cc1ccncc1.[Cu+2].[Cu+2]. The van der Waals surface area contributed by atoms with Gasteiger partial charge < -0.3 is 39.6 Å². The van der Waals surface area contributed by atoms with Crippen LogP contribution >= 0.6 is 45.2 Å². The van der Waals surface area contributed by atoms with E-state index >= 15 is 0 Å². The Morgan fingerprint density at radius 1 is 0.565 bits per heavy atom. The fraction of sp³-hybridized carbons (Fsp3) is 0.154. The number of carboxylic acid groups (broad SMARTS) is 4. The molecule has 0 N–H and O–H groups in total.